The van der Waals surface area contributed by atoms with Crippen LogP contribution in [-0.4, -0.2) is 21.8 Å². The summed E-state index contributed by atoms with van der Waals surface area (Å²) >= 11 is 1.47. The number of rotatable bonds is 3. The van der Waals surface area contributed by atoms with Gasteiger partial charge in [-0.05, 0) is 31.0 Å². The number of carbonyl (C=O) groups is 1. The molecule has 0 unspecified atom stereocenters. The summed E-state index contributed by atoms with van der Waals surface area (Å²) in [5, 5.41) is 13.8. The number of fused-ring (bicyclic) bond motifs is 3. The summed E-state index contributed by atoms with van der Waals surface area (Å²) < 4.78 is 0. The van der Waals surface area contributed by atoms with Gasteiger partial charge in [0.25, 0.3) is 5.91 Å². The lowest BCUT2D eigenvalue weighted by Gasteiger charge is -2.44. The number of para-hydroxylation sites is 1. The number of amides is 1. The molecule has 0 fully saturated rings. The Morgan fingerprint density at radius 1 is 1.22 bits per heavy atom. The average Bonchev–Trinajstić information content (AvgIpc) is 2.67. The smallest absolute Gasteiger partial charge is 0.255 e. The van der Waals surface area contributed by atoms with E-state index < -0.39 is 6.04 Å². The summed E-state index contributed by atoms with van der Waals surface area (Å²) in [7, 11) is 0. The minimum atomic E-state index is -0.458. The number of hydrogen-bond donors (Lipinski definition) is 2. The van der Waals surface area contributed by atoms with Crippen LogP contribution in [0.1, 0.15) is 34.5 Å². The zero-order chi connectivity index (χ0) is 19.0. The van der Waals surface area contributed by atoms with Crippen LogP contribution in [0.2, 0.25) is 0 Å². The molecule has 0 radical (unpaired) electrons. The highest BCUT2D eigenvalue weighted by atomic mass is 32.2. The van der Waals surface area contributed by atoms with Crippen molar-refractivity contribution in [2.75, 3.05) is 11.1 Å². The van der Waals surface area contributed by atoms with Gasteiger partial charge in [-0.2, -0.15) is 0 Å². The molecule has 5 nitrogen and oxygen atoms in total. The predicted molar refractivity (Wildman–Crippen MR) is 112 cm³/mol. The van der Waals surface area contributed by atoms with Crippen molar-refractivity contribution in [3.63, 3.8) is 0 Å². The fraction of sp³-hybridized carbons (Fsp3) is 0.238. The van der Waals surface area contributed by atoms with Crippen LogP contribution in [0.4, 0.5) is 5.69 Å². The van der Waals surface area contributed by atoms with E-state index in [1.54, 1.807) is 6.08 Å². The molecule has 2 atom stereocenters. The number of hydrazone groups is 1. The molecule has 6 heteroatoms. The molecule has 0 saturated carbocycles. The van der Waals surface area contributed by atoms with E-state index in [1.807, 2.05) is 29.3 Å². The van der Waals surface area contributed by atoms with Crippen LogP contribution < -0.4 is 10.6 Å². The number of anilines is 1. The van der Waals surface area contributed by atoms with Crippen LogP contribution in [0.15, 0.2) is 60.2 Å². The van der Waals surface area contributed by atoms with Crippen molar-refractivity contribution in [1.82, 2.24) is 10.3 Å². The predicted octanol–water partition coefficient (Wildman–Crippen LogP) is 4.09. The fourth-order valence-corrected chi connectivity index (χ4v) is 4.13. The van der Waals surface area contributed by atoms with Crippen molar-refractivity contribution in [1.29, 1.82) is 0 Å². The van der Waals surface area contributed by atoms with E-state index >= 15 is 0 Å². The number of carbonyl (C=O) groups excluding carboxylic acids is 1. The van der Waals surface area contributed by atoms with Crippen molar-refractivity contribution < 1.29 is 4.79 Å². The monoisotopic (exact) mass is 378 g/mol. The van der Waals surface area contributed by atoms with E-state index in [2.05, 4.69) is 49.3 Å². The maximum absolute atomic E-state index is 13.0. The van der Waals surface area contributed by atoms with Crippen LogP contribution in [0.25, 0.3) is 0 Å². The van der Waals surface area contributed by atoms with Gasteiger partial charge in [0.1, 0.15) is 6.17 Å². The SMILES string of the molecule is C=CCSC1=NN2[C@@H](c3cc(C)ccc3C)Nc3ccccc3[C@H]2C(=O)N1. The van der Waals surface area contributed by atoms with Crippen LogP contribution in [0, 0.1) is 13.8 Å². The lowest BCUT2D eigenvalue weighted by molar-refractivity contribution is -0.127. The maximum atomic E-state index is 13.0. The van der Waals surface area contributed by atoms with Crippen LogP contribution in [-0.2, 0) is 4.79 Å². The van der Waals surface area contributed by atoms with Crippen molar-refractivity contribution in [2.24, 2.45) is 5.10 Å². The Bertz CT molecular complexity index is 940. The second-order valence-electron chi connectivity index (χ2n) is 6.77. The fourth-order valence-electron chi connectivity index (χ4n) is 3.53. The first-order valence-electron chi connectivity index (χ1n) is 8.92. The van der Waals surface area contributed by atoms with Crippen LogP contribution in [0.3, 0.4) is 0 Å². The molecule has 1 amide bonds. The lowest BCUT2D eigenvalue weighted by Crippen LogP contribution is -2.51. The van der Waals surface area contributed by atoms with E-state index in [4.69, 9.17) is 5.10 Å². The molecular formula is C21H22N4OS. The summed E-state index contributed by atoms with van der Waals surface area (Å²) in [6.07, 6.45) is 1.59. The molecule has 27 heavy (non-hydrogen) atoms. The average molecular weight is 379 g/mol. The molecule has 2 aromatic rings. The summed E-state index contributed by atoms with van der Waals surface area (Å²) in [5.41, 5.74) is 5.38. The third-order valence-corrected chi connectivity index (χ3v) is 5.69. The molecule has 2 aliphatic rings. The maximum Gasteiger partial charge on any atom is 0.255 e. The van der Waals surface area contributed by atoms with E-state index in [0.29, 0.717) is 10.9 Å². The van der Waals surface area contributed by atoms with Gasteiger partial charge in [-0.15, -0.1) is 11.7 Å². The Morgan fingerprint density at radius 3 is 2.85 bits per heavy atom. The molecule has 2 heterocycles. The van der Waals surface area contributed by atoms with Gasteiger partial charge in [-0.25, -0.2) is 0 Å². The Balaban J connectivity index is 1.84. The van der Waals surface area contributed by atoms with Gasteiger partial charge < -0.3 is 10.6 Å². The van der Waals surface area contributed by atoms with Crippen molar-refractivity contribution >= 4 is 28.5 Å². The number of thioether (sulfide) groups is 1. The molecule has 0 aromatic heterocycles. The van der Waals surface area contributed by atoms with E-state index in [-0.39, 0.29) is 12.1 Å². The number of aryl methyl sites for hydroxylation is 2. The quantitative estimate of drug-likeness (QED) is 0.790. The Labute approximate surface area is 163 Å². The van der Waals surface area contributed by atoms with Gasteiger partial charge in [-0.3, -0.25) is 9.80 Å². The highest BCUT2D eigenvalue weighted by molar-refractivity contribution is 8.14. The normalized spacial score (nSPS) is 20.7. The van der Waals surface area contributed by atoms with Gasteiger partial charge in [0, 0.05) is 17.0 Å². The summed E-state index contributed by atoms with van der Waals surface area (Å²) in [6, 6.07) is 13.9. The molecule has 2 aliphatic heterocycles. The zero-order valence-electron chi connectivity index (χ0n) is 15.4. The number of nitrogens with one attached hydrogen (secondary N) is 2. The third kappa shape index (κ3) is 3.21. The molecular weight excluding hydrogens is 356 g/mol. The molecule has 2 N–H and O–H groups in total. The van der Waals surface area contributed by atoms with Crippen LogP contribution in [0.5, 0.6) is 0 Å². The summed E-state index contributed by atoms with van der Waals surface area (Å²) in [6.45, 7) is 7.91. The van der Waals surface area contributed by atoms with E-state index in [1.165, 1.54) is 17.3 Å². The van der Waals surface area contributed by atoms with E-state index in [9.17, 15) is 4.79 Å². The third-order valence-electron chi connectivity index (χ3n) is 4.83. The molecule has 0 aliphatic carbocycles. The molecule has 4 rings (SSSR count). The number of amidine groups is 1. The van der Waals surface area contributed by atoms with Gasteiger partial charge in [0.15, 0.2) is 11.2 Å². The standard InChI is InChI=1S/C21H22N4OS/c1-4-11-27-21-23-20(26)18-15-7-5-6-8-17(15)22-19(25(18)24-21)16-12-13(2)9-10-14(16)3/h4-10,12,18-19,22H,1,11H2,2-3H3,(H,23,24,26)/t18-,19-/m0/s1. The number of nitrogens with zero attached hydrogens (tertiary/aromatic N) is 2. The topological polar surface area (TPSA) is 56.7 Å². The van der Waals surface area contributed by atoms with Crippen molar-refractivity contribution in [3.05, 3.63) is 77.4 Å². The Hall–Kier alpha value is -2.73. The molecule has 2 aromatic carbocycles. The van der Waals surface area contributed by atoms with E-state index in [0.717, 1.165) is 22.4 Å². The van der Waals surface area contributed by atoms with Crippen LogP contribution >= 0.6 is 11.8 Å². The van der Waals surface area contributed by atoms with Gasteiger partial charge >= 0.3 is 0 Å². The second kappa shape index (κ2) is 7.12. The van der Waals surface area contributed by atoms with Gasteiger partial charge in [-0.1, -0.05) is 59.8 Å². The van der Waals surface area contributed by atoms with Crippen molar-refractivity contribution in [3.8, 4) is 0 Å². The highest BCUT2D eigenvalue weighted by Gasteiger charge is 2.42. The second-order valence-corrected chi connectivity index (χ2v) is 7.78. The summed E-state index contributed by atoms with van der Waals surface area (Å²) in [4.78, 5) is 13.0. The first kappa shape index (κ1) is 17.7. The Kier molecular flexibility index (Phi) is 4.66. The lowest BCUT2D eigenvalue weighted by atomic mass is 9.95. The van der Waals surface area contributed by atoms with Crippen molar-refractivity contribution in [2.45, 2.75) is 26.1 Å². The Morgan fingerprint density at radius 2 is 2.04 bits per heavy atom. The molecule has 0 saturated heterocycles. The van der Waals surface area contributed by atoms with Gasteiger partial charge in [0.05, 0.1) is 0 Å². The molecule has 0 spiro atoms. The summed E-state index contributed by atoms with van der Waals surface area (Å²) in [5.74, 6) is 0.635. The minimum Gasteiger partial charge on any atom is -0.360 e. The zero-order valence-corrected chi connectivity index (χ0v) is 16.2. The van der Waals surface area contributed by atoms with Gasteiger partial charge in [0.2, 0.25) is 0 Å². The molecule has 138 valence electrons. The number of benzene rings is 2. The largest absolute Gasteiger partial charge is 0.360 e. The first-order chi connectivity index (χ1) is 13.1. The molecule has 0 bridgehead atoms. The minimum absolute atomic E-state index is 0.0548. The number of hydrogen-bond acceptors (Lipinski definition) is 5. The first-order valence-corrected chi connectivity index (χ1v) is 9.91. The highest BCUT2D eigenvalue weighted by Crippen LogP contribution is 2.43.